The maximum Gasteiger partial charge on any atom is 0.295 e. The molecule has 2 aromatic carbocycles. The molecule has 0 saturated heterocycles. The fourth-order valence-electron chi connectivity index (χ4n) is 2.15. The van der Waals surface area contributed by atoms with E-state index in [1.807, 2.05) is 0 Å². The molecule has 0 aliphatic heterocycles. The van der Waals surface area contributed by atoms with Gasteiger partial charge < -0.3 is 11.5 Å². The molecule has 0 aromatic heterocycles. The topological polar surface area (TPSA) is 141 Å². The third-order valence-electron chi connectivity index (χ3n) is 3.02. The summed E-state index contributed by atoms with van der Waals surface area (Å²) in [7, 11) is -4.64. The summed E-state index contributed by atoms with van der Waals surface area (Å²) in [4.78, 5) is 22.7. The Labute approximate surface area is 126 Å². The Balaban J connectivity index is 3.01. The van der Waals surface area contributed by atoms with Crippen molar-refractivity contribution in [2.45, 2.75) is 4.90 Å². The van der Waals surface area contributed by atoms with Crippen LogP contribution in [0.1, 0.15) is 20.7 Å². The summed E-state index contributed by atoms with van der Waals surface area (Å²) in [5.74, 6) is -1.97. The molecule has 0 radical (unpaired) electrons. The number of carbonyl (C=O) groups excluding carboxylic acids is 2. The molecule has 5 N–H and O–H groups in total. The highest BCUT2D eigenvalue weighted by molar-refractivity contribution is 7.86. The summed E-state index contributed by atoms with van der Waals surface area (Å²) in [5, 5.41) is 0. The molecule has 2 aromatic rings. The van der Waals surface area contributed by atoms with Gasteiger partial charge in [-0.3, -0.25) is 14.1 Å². The Hall–Kier alpha value is -2.71. The van der Waals surface area contributed by atoms with Gasteiger partial charge in [0.25, 0.3) is 10.1 Å². The van der Waals surface area contributed by atoms with Crippen LogP contribution < -0.4 is 11.5 Å². The maximum absolute atomic E-state index is 11.7. The quantitative estimate of drug-likeness (QED) is 0.714. The number of amides is 2. The molecule has 0 aliphatic rings. The molecule has 114 valence electrons. The van der Waals surface area contributed by atoms with Crippen molar-refractivity contribution < 1.29 is 22.6 Å². The van der Waals surface area contributed by atoms with Gasteiger partial charge in [-0.05, 0) is 17.7 Å². The van der Waals surface area contributed by atoms with Gasteiger partial charge in [-0.25, -0.2) is 0 Å². The first kappa shape index (κ1) is 15.7. The smallest absolute Gasteiger partial charge is 0.295 e. The molecule has 0 fully saturated rings. The van der Waals surface area contributed by atoms with E-state index in [2.05, 4.69) is 0 Å². The van der Waals surface area contributed by atoms with Gasteiger partial charge in [-0.2, -0.15) is 8.42 Å². The second-order valence-electron chi connectivity index (χ2n) is 4.43. The molecule has 8 heteroatoms. The fourth-order valence-corrected chi connectivity index (χ4v) is 2.87. The molecular formula is C14H12N2O5S. The Morgan fingerprint density at radius 1 is 0.909 bits per heavy atom. The van der Waals surface area contributed by atoms with Crippen LogP contribution in [0.3, 0.4) is 0 Å². The number of carbonyl (C=O) groups is 2. The number of rotatable bonds is 4. The van der Waals surface area contributed by atoms with E-state index in [0.717, 1.165) is 12.1 Å². The van der Waals surface area contributed by atoms with Crippen LogP contribution in [0, 0.1) is 0 Å². The number of hydrogen-bond acceptors (Lipinski definition) is 4. The van der Waals surface area contributed by atoms with Gasteiger partial charge in [0.2, 0.25) is 11.8 Å². The highest BCUT2D eigenvalue weighted by Gasteiger charge is 2.26. The third-order valence-corrected chi connectivity index (χ3v) is 3.92. The van der Waals surface area contributed by atoms with Crippen LogP contribution in [-0.4, -0.2) is 24.8 Å². The van der Waals surface area contributed by atoms with E-state index in [1.54, 1.807) is 18.2 Å². The maximum atomic E-state index is 11.7. The number of primary amides is 2. The Morgan fingerprint density at radius 2 is 1.50 bits per heavy atom. The lowest BCUT2D eigenvalue weighted by Crippen LogP contribution is -2.23. The van der Waals surface area contributed by atoms with E-state index < -0.39 is 26.8 Å². The summed E-state index contributed by atoms with van der Waals surface area (Å²) in [6, 6.07) is 9.96. The lowest BCUT2D eigenvalue weighted by molar-refractivity contribution is 0.0967. The molecule has 2 amide bonds. The molecule has 0 heterocycles. The molecule has 7 nitrogen and oxygen atoms in total. The van der Waals surface area contributed by atoms with Gasteiger partial charge in [0.05, 0.1) is 11.1 Å². The molecule has 0 unspecified atom stereocenters. The minimum Gasteiger partial charge on any atom is -0.366 e. The Kier molecular flexibility index (Phi) is 3.98. The molecule has 0 spiro atoms. The average Bonchev–Trinajstić information content (AvgIpc) is 2.45. The summed E-state index contributed by atoms with van der Waals surface area (Å²) < 4.78 is 32.5. The lowest BCUT2D eigenvalue weighted by atomic mass is 9.94. The predicted molar refractivity (Wildman–Crippen MR) is 78.7 cm³/mol. The van der Waals surface area contributed by atoms with Gasteiger partial charge >= 0.3 is 0 Å². The second-order valence-corrected chi connectivity index (χ2v) is 5.82. The molecule has 2 rings (SSSR count). The van der Waals surface area contributed by atoms with E-state index in [4.69, 9.17) is 11.5 Å². The van der Waals surface area contributed by atoms with Crippen molar-refractivity contribution >= 4 is 21.9 Å². The van der Waals surface area contributed by atoms with Gasteiger partial charge in [0.15, 0.2) is 0 Å². The van der Waals surface area contributed by atoms with Crippen LogP contribution >= 0.6 is 0 Å². The van der Waals surface area contributed by atoms with E-state index >= 15 is 0 Å². The van der Waals surface area contributed by atoms with Crippen LogP contribution in [0.2, 0.25) is 0 Å². The van der Waals surface area contributed by atoms with Crippen molar-refractivity contribution in [1.82, 2.24) is 0 Å². The van der Waals surface area contributed by atoms with Crippen molar-refractivity contribution in [2.24, 2.45) is 11.5 Å². The fraction of sp³-hybridized carbons (Fsp3) is 0. The molecule has 22 heavy (non-hydrogen) atoms. The zero-order valence-electron chi connectivity index (χ0n) is 11.2. The predicted octanol–water partition coefficient (Wildman–Crippen LogP) is 0.798. The normalized spacial score (nSPS) is 11.1. The van der Waals surface area contributed by atoms with Gasteiger partial charge in [0, 0.05) is 5.56 Å². The second kappa shape index (κ2) is 5.58. The van der Waals surface area contributed by atoms with E-state index in [1.165, 1.54) is 12.1 Å². The lowest BCUT2D eigenvalue weighted by Gasteiger charge is -2.14. The minimum absolute atomic E-state index is 0.160. The van der Waals surface area contributed by atoms with E-state index in [-0.39, 0.29) is 16.7 Å². The largest absolute Gasteiger partial charge is 0.366 e. The van der Waals surface area contributed by atoms with Gasteiger partial charge in [-0.15, -0.1) is 0 Å². The van der Waals surface area contributed by atoms with Crippen LogP contribution in [0.15, 0.2) is 47.4 Å². The Morgan fingerprint density at radius 3 is 1.95 bits per heavy atom. The number of benzene rings is 2. The van der Waals surface area contributed by atoms with Crippen molar-refractivity contribution in [3.8, 4) is 11.1 Å². The summed E-state index contributed by atoms with van der Waals surface area (Å²) >= 11 is 0. The van der Waals surface area contributed by atoms with Crippen LogP contribution in [0.4, 0.5) is 0 Å². The first-order chi connectivity index (χ1) is 10.2. The van der Waals surface area contributed by atoms with Crippen LogP contribution in [-0.2, 0) is 10.1 Å². The molecule has 0 bridgehead atoms. The number of hydrogen-bond donors (Lipinski definition) is 3. The van der Waals surface area contributed by atoms with Gasteiger partial charge in [-0.1, -0.05) is 30.3 Å². The minimum atomic E-state index is -4.64. The highest BCUT2D eigenvalue weighted by Crippen LogP contribution is 2.32. The first-order valence-corrected chi connectivity index (χ1v) is 7.47. The van der Waals surface area contributed by atoms with Crippen molar-refractivity contribution in [1.29, 1.82) is 0 Å². The van der Waals surface area contributed by atoms with Crippen molar-refractivity contribution in [2.75, 3.05) is 0 Å². The standard InChI is InChI=1S/C14H12N2O5S/c15-13(17)9-6-7-10(22(19,20)21)11(12(9)14(16)18)8-4-2-1-3-5-8/h1-7H,(H2,15,17)(H2,16,18)(H,19,20,21). The zero-order valence-corrected chi connectivity index (χ0v) is 12.0. The average molecular weight is 320 g/mol. The third kappa shape index (κ3) is 2.83. The monoisotopic (exact) mass is 320 g/mol. The van der Waals surface area contributed by atoms with Crippen molar-refractivity contribution in [3.63, 3.8) is 0 Å². The molecular weight excluding hydrogens is 308 g/mol. The zero-order chi connectivity index (χ0) is 16.5. The highest BCUT2D eigenvalue weighted by atomic mass is 32.2. The molecule has 0 saturated carbocycles. The van der Waals surface area contributed by atoms with E-state index in [9.17, 15) is 22.6 Å². The number of nitrogens with two attached hydrogens (primary N) is 2. The molecule has 0 aliphatic carbocycles. The van der Waals surface area contributed by atoms with Crippen molar-refractivity contribution in [3.05, 3.63) is 53.6 Å². The van der Waals surface area contributed by atoms with Crippen LogP contribution in [0.5, 0.6) is 0 Å². The van der Waals surface area contributed by atoms with Gasteiger partial charge in [0.1, 0.15) is 4.90 Å². The summed E-state index contributed by atoms with van der Waals surface area (Å²) in [5.41, 5.74) is 10.0. The summed E-state index contributed by atoms with van der Waals surface area (Å²) in [6.07, 6.45) is 0. The van der Waals surface area contributed by atoms with E-state index in [0.29, 0.717) is 5.56 Å². The summed E-state index contributed by atoms with van der Waals surface area (Å²) in [6.45, 7) is 0. The SMILES string of the molecule is NC(=O)c1ccc(S(=O)(=O)O)c(-c2ccccc2)c1C(N)=O. The Bertz CT molecular complexity index is 860. The first-order valence-electron chi connectivity index (χ1n) is 6.03. The van der Waals surface area contributed by atoms with Crippen LogP contribution in [0.25, 0.3) is 11.1 Å². The molecule has 0 atom stereocenters.